The van der Waals surface area contributed by atoms with Crippen LogP contribution < -0.4 is 5.32 Å². The van der Waals surface area contributed by atoms with Crippen LogP contribution >= 0.6 is 0 Å². The summed E-state index contributed by atoms with van der Waals surface area (Å²) < 4.78 is 42.4. The number of aryl methyl sites for hydroxylation is 1. The first-order valence-electron chi connectivity index (χ1n) is 6.37. The third kappa shape index (κ3) is 5.61. The number of rotatable bonds is 8. The molecule has 1 aromatic heterocycles. The number of nitrogens with one attached hydrogen (secondary N) is 1. The third-order valence-corrected chi connectivity index (χ3v) is 2.67. The van der Waals surface area contributed by atoms with E-state index in [1.165, 1.54) is 0 Å². The summed E-state index contributed by atoms with van der Waals surface area (Å²) in [6.07, 6.45) is -2.09. The predicted octanol–water partition coefficient (Wildman–Crippen LogP) is 2.52. The third-order valence-electron chi connectivity index (χ3n) is 2.67. The van der Waals surface area contributed by atoms with Crippen LogP contribution in [0.15, 0.2) is 12.3 Å². The molecule has 4 nitrogen and oxygen atoms in total. The molecule has 0 aliphatic rings. The molecule has 0 fully saturated rings. The average Bonchev–Trinajstić information content (AvgIpc) is 2.80. The zero-order valence-corrected chi connectivity index (χ0v) is 11.2. The van der Waals surface area contributed by atoms with Crippen molar-refractivity contribution in [2.75, 3.05) is 19.8 Å². The molecule has 1 N–H and O–H groups in total. The molecule has 0 saturated heterocycles. The van der Waals surface area contributed by atoms with Gasteiger partial charge >= 0.3 is 6.18 Å². The van der Waals surface area contributed by atoms with Crippen molar-refractivity contribution in [3.8, 4) is 0 Å². The van der Waals surface area contributed by atoms with Gasteiger partial charge in [0.05, 0.1) is 11.7 Å². The van der Waals surface area contributed by atoms with Crippen molar-refractivity contribution < 1.29 is 17.9 Å². The molecule has 0 radical (unpaired) electrons. The summed E-state index contributed by atoms with van der Waals surface area (Å²) in [5, 5.41) is 7.40. The normalized spacial score (nSPS) is 13.7. The number of hydrogen-bond donors (Lipinski definition) is 1. The summed E-state index contributed by atoms with van der Waals surface area (Å²) >= 11 is 0. The van der Waals surface area contributed by atoms with E-state index in [4.69, 9.17) is 0 Å². The Kier molecular flexibility index (Phi) is 6.30. The van der Waals surface area contributed by atoms with Gasteiger partial charge in [0.1, 0.15) is 6.61 Å². The second-order valence-corrected chi connectivity index (χ2v) is 4.14. The molecule has 1 heterocycles. The van der Waals surface area contributed by atoms with E-state index < -0.39 is 12.8 Å². The molecule has 19 heavy (non-hydrogen) atoms. The van der Waals surface area contributed by atoms with Gasteiger partial charge in [-0.05, 0) is 26.0 Å². The summed E-state index contributed by atoms with van der Waals surface area (Å²) in [5.41, 5.74) is 0.972. The molecule has 0 aliphatic carbocycles. The Morgan fingerprint density at radius 3 is 2.74 bits per heavy atom. The lowest BCUT2D eigenvalue weighted by Gasteiger charge is -2.19. The maximum atomic E-state index is 12.0. The molecule has 1 atom stereocenters. The van der Waals surface area contributed by atoms with Gasteiger partial charge in [0, 0.05) is 19.3 Å². The van der Waals surface area contributed by atoms with E-state index in [2.05, 4.69) is 15.2 Å². The lowest BCUT2D eigenvalue weighted by molar-refractivity contribution is -0.174. The Bertz CT molecular complexity index is 365. The molecule has 0 bridgehead atoms. The Labute approximate surface area is 110 Å². The quantitative estimate of drug-likeness (QED) is 0.743. The first-order chi connectivity index (χ1) is 8.98. The second-order valence-electron chi connectivity index (χ2n) is 4.14. The molecular formula is C12H20F3N3O. The molecule has 1 rings (SSSR count). The molecule has 0 saturated carbocycles. The van der Waals surface area contributed by atoms with Crippen LogP contribution in [0.25, 0.3) is 0 Å². The van der Waals surface area contributed by atoms with Gasteiger partial charge in [0.25, 0.3) is 0 Å². The van der Waals surface area contributed by atoms with Crippen LogP contribution in [-0.2, 0) is 11.3 Å². The fourth-order valence-electron chi connectivity index (χ4n) is 1.89. The van der Waals surface area contributed by atoms with Crippen molar-refractivity contribution in [3.63, 3.8) is 0 Å². The topological polar surface area (TPSA) is 39.1 Å². The van der Waals surface area contributed by atoms with Crippen LogP contribution in [0.1, 0.15) is 32.0 Å². The number of ether oxygens (including phenoxy) is 1. The number of nitrogens with zero attached hydrogens (tertiary/aromatic N) is 2. The molecule has 1 unspecified atom stereocenters. The number of aromatic nitrogens is 2. The van der Waals surface area contributed by atoms with Gasteiger partial charge in [-0.15, -0.1) is 0 Å². The summed E-state index contributed by atoms with van der Waals surface area (Å²) in [7, 11) is 0. The summed E-state index contributed by atoms with van der Waals surface area (Å²) in [4.78, 5) is 0. The van der Waals surface area contributed by atoms with Crippen LogP contribution in [0, 0.1) is 0 Å². The van der Waals surface area contributed by atoms with E-state index in [0.717, 1.165) is 18.8 Å². The van der Waals surface area contributed by atoms with Gasteiger partial charge in [0.2, 0.25) is 0 Å². The first kappa shape index (κ1) is 16.0. The summed E-state index contributed by atoms with van der Waals surface area (Å²) in [5.74, 6) is 0. The van der Waals surface area contributed by atoms with E-state index in [9.17, 15) is 13.2 Å². The highest BCUT2D eigenvalue weighted by Crippen LogP contribution is 2.18. The molecular weight excluding hydrogens is 259 g/mol. The standard InChI is InChI=1S/C12H20F3N3O/c1-3-16-10(6-8-19-9-12(13,14)15)11-5-7-17-18(11)4-2/h5,7,10,16H,3-4,6,8-9H2,1-2H3. The van der Waals surface area contributed by atoms with Crippen molar-refractivity contribution in [1.82, 2.24) is 15.1 Å². The van der Waals surface area contributed by atoms with Crippen LogP contribution in [0.5, 0.6) is 0 Å². The Balaban J connectivity index is 2.49. The first-order valence-corrected chi connectivity index (χ1v) is 6.37. The molecule has 0 aliphatic heterocycles. The van der Waals surface area contributed by atoms with Crippen LogP contribution in [-0.4, -0.2) is 35.7 Å². The van der Waals surface area contributed by atoms with E-state index in [0.29, 0.717) is 6.42 Å². The number of hydrogen-bond acceptors (Lipinski definition) is 3. The predicted molar refractivity (Wildman–Crippen MR) is 65.8 cm³/mol. The number of halogens is 3. The smallest absolute Gasteiger partial charge is 0.372 e. The van der Waals surface area contributed by atoms with Crippen molar-refractivity contribution in [1.29, 1.82) is 0 Å². The Morgan fingerprint density at radius 1 is 1.42 bits per heavy atom. The molecule has 0 amide bonds. The highest BCUT2D eigenvalue weighted by molar-refractivity contribution is 5.07. The zero-order chi connectivity index (χ0) is 14.3. The lowest BCUT2D eigenvalue weighted by atomic mass is 10.1. The van der Waals surface area contributed by atoms with E-state index in [1.807, 2.05) is 24.6 Å². The van der Waals surface area contributed by atoms with Gasteiger partial charge in [-0.2, -0.15) is 18.3 Å². The molecule has 1 aromatic rings. The minimum atomic E-state index is -4.27. The fourth-order valence-corrected chi connectivity index (χ4v) is 1.89. The minimum absolute atomic E-state index is 0.0410. The van der Waals surface area contributed by atoms with Gasteiger partial charge in [-0.3, -0.25) is 4.68 Å². The molecule has 7 heteroatoms. The monoisotopic (exact) mass is 279 g/mol. The second kappa shape index (κ2) is 7.49. The highest BCUT2D eigenvalue weighted by atomic mass is 19.4. The van der Waals surface area contributed by atoms with Crippen LogP contribution in [0.3, 0.4) is 0 Å². The fraction of sp³-hybridized carbons (Fsp3) is 0.750. The van der Waals surface area contributed by atoms with Gasteiger partial charge < -0.3 is 10.1 Å². The summed E-state index contributed by atoms with van der Waals surface area (Å²) in [6.45, 7) is 4.26. The van der Waals surface area contributed by atoms with Crippen molar-refractivity contribution in [2.45, 2.75) is 39.0 Å². The maximum Gasteiger partial charge on any atom is 0.411 e. The zero-order valence-electron chi connectivity index (χ0n) is 11.2. The van der Waals surface area contributed by atoms with Gasteiger partial charge in [-0.25, -0.2) is 0 Å². The SMILES string of the molecule is CCNC(CCOCC(F)(F)F)c1ccnn1CC. The van der Waals surface area contributed by atoms with Crippen molar-refractivity contribution >= 4 is 0 Å². The maximum absolute atomic E-state index is 12.0. The van der Waals surface area contributed by atoms with E-state index in [-0.39, 0.29) is 12.6 Å². The van der Waals surface area contributed by atoms with E-state index >= 15 is 0 Å². The largest absolute Gasteiger partial charge is 0.411 e. The Morgan fingerprint density at radius 2 is 2.16 bits per heavy atom. The van der Waals surface area contributed by atoms with Gasteiger partial charge in [-0.1, -0.05) is 6.92 Å². The van der Waals surface area contributed by atoms with Crippen LogP contribution in [0.2, 0.25) is 0 Å². The highest BCUT2D eigenvalue weighted by Gasteiger charge is 2.27. The van der Waals surface area contributed by atoms with Gasteiger partial charge in [0.15, 0.2) is 0 Å². The molecule has 0 spiro atoms. The summed E-state index contributed by atoms with van der Waals surface area (Å²) in [6, 6.07) is 1.83. The Hall–Kier alpha value is -1.08. The average molecular weight is 279 g/mol. The molecule has 0 aromatic carbocycles. The minimum Gasteiger partial charge on any atom is -0.372 e. The van der Waals surface area contributed by atoms with E-state index in [1.54, 1.807) is 6.20 Å². The lowest BCUT2D eigenvalue weighted by Crippen LogP contribution is -2.26. The molecule has 110 valence electrons. The van der Waals surface area contributed by atoms with Crippen LogP contribution in [0.4, 0.5) is 13.2 Å². The van der Waals surface area contributed by atoms with Crippen molar-refractivity contribution in [3.05, 3.63) is 18.0 Å². The van der Waals surface area contributed by atoms with Crippen molar-refractivity contribution in [2.24, 2.45) is 0 Å². The number of alkyl halides is 3.